The summed E-state index contributed by atoms with van der Waals surface area (Å²) >= 11 is 5.75. The molecular weight excluding hydrogens is 323 g/mol. The standard InChI is InChI=1S/C13H11ClF3N3O2/c1-12(22,13(15,16)17)11(21)19-9-6-18-20(7-9)10-4-2-8(14)3-5-10/h2-7,22H,1H3,(H,19,21)/t12-/m1/s1. The topological polar surface area (TPSA) is 67.2 Å². The molecule has 118 valence electrons. The van der Waals surface area contributed by atoms with Crippen LogP contribution in [-0.4, -0.2) is 32.6 Å². The third kappa shape index (κ3) is 3.23. The number of alkyl halides is 3. The van der Waals surface area contributed by atoms with Crippen LogP contribution in [0.1, 0.15) is 6.92 Å². The van der Waals surface area contributed by atoms with Crippen molar-refractivity contribution in [3.63, 3.8) is 0 Å². The summed E-state index contributed by atoms with van der Waals surface area (Å²) in [4.78, 5) is 11.5. The molecule has 0 aliphatic heterocycles. The van der Waals surface area contributed by atoms with Gasteiger partial charge in [0, 0.05) is 5.02 Å². The van der Waals surface area contributed by atoms with Gasteiger partial charge in [-0.2, -0.15) is 18.3 Å². The molecule has 1 amide bonds. The van der Waals surface area contributed by atoms with Gasteiger partial charge < -0.3 is 10.4 Å². The van der Waals surface area contributed by atoms with E-state index >= 15 is 0 Å². The lowest BCUT2D eigenvalue weighted by molar-refractivity contribution is -0.242. The van der Waals surface area contributed by atoms with Crippen molar-refractivity contribution in [2.75, 3.05) is 5.32 Å². The first kappa shape index (κ1) is 16.3. The maximum Gasteiger partial charge on any atom is 0.426 e. The monoisotopic (exact) mass is 333 g/mol. The van der Waals surface area contributed by atoms with Crippen LogP contribution in [0.25, 0.3) is 5.69 Å². The number of carbonyl (C=O) groups is 1. The lowest BCUT2D eigenvalue weighted by Gasteiger charge is -2.24. The summed E-state index contributed by atoms with van der Waals surface area (Å²) in [5, 5.41) is 15.7. The van der Waals surface area contributed by atoms with Crippen LogP contribution >= 0.6 is 11.6 Å². The molecule has 2 aromatic rings. The number of aromatic nitrogens is 2. The number of benzene rings is 1. The lowest BCUT2D eigenvalue weighted by Crippen LogP contribution is -2.52. The van der Waals surface area contributed by atoms with Gasteiger partial charge in [-0.15, -0.1) is 0 Å². The number of aliphatic hydroxyl groups is 1. The summed E-state index contributed by atoms with van der Waals surface area (Å²) in [7, 11) is 0. The van der Waals surface area contributed by atoms with Gasteiger partial charge in [0.1, 0.15) is 0 Å². The maximum absolute atomic E-state index is 12.6. The maximum atomic E-state index is 12.6. The molecule has 22 heavy (non-hydrogen) atoms. The van der Waals surface area contributed by atoms with Gasteiger partial charge in [-0.05, 0) is 31.2 Å². The molecule has 2 rings (SSSR count). The summed E-state index contributed by atoms with van der Waals surface area (Å²) in [6.45, 7) is 0.381. The van der Waals surface area contributed by atoms with Gasteiger partial charge in [-0.1, -0.05) is 11.6 Å². The second-order valence-electron chi connectivity index (χ2n) is 4.67. The first-order valence-corrected chi connectivity index (χ1v) is 6.40. The Morgan fingerprint density at radius 1 is 1.32 bits per heavy atom. The molecule has 1 aromatic heterocycles. The van der Waals surface area contributed by atoms with Crippen molar-refractivity contribution in [3.05, 3.63) is 41.7 Å². The first-order valence-electron chi connectivity index (χ1n) is 6.02. The zero-order valence-corrected chi connectivity index (χ0v) is 12.0. The zero-order valence-electron chi connectivity index (χ0n) is 11.2. The Bertz CT molecular complexity index is 681. The number of anilines is 1. The number of nitrogens with zero attached hydrogens (tertiary/aromatic N) is 2. The summed E-state index contributed by atoms with van der Waals surface area (Å²) in [6.07, 6.45) is -2.60. The fourth-order valence-electron chi connectivity index (χ4n) is 1.50. The third-order valence-electron chi connectivity index (χ3n) is 2.93. The molecule has 0 radical (unpaired) electrons. The van der Waals surface area contributed by atoms with Gasteiger partial charge >= 0.3 is 6.18 Å². The largest absolute Gasteiger partial charge is 0.426 e. The number of rotatable bonds is 3. The van der Waals surface area contributed by atoms with Crippen LogP contribution in [0.3, 0.4) is 0 Å². The van der Waals surface area contributed by atoms with Crippen molar-refractivity contribution in [3.8, 4) is 5.69 Å². The smallest absolute Gasteiger partial charge is 0.373 e. The highest BCUT2D eigenvalue weighted by Crippen LogP contribution is 2.31. The minimum absolute atomic E-state index is 0.0180. The van der Waals surface area contributed by atoms with Gasteiger partial charge in [-0.25, -0.2) is 4.68 Å². The van der Waals surface area contributed by atoms with E-state index in [1.165, 1.54) is 17.1 Å². The van der Waals surface area contributed by atoms with Gasteiger partial charge in [0.25, 0.3) is 5.91 Å². The lowest BCUT2D eigenvalue weighted by atomic mass is 10.1. The highest BCUT2D eigenvalue weighted by Gasteiger charge is 2.55. The van der Waals surface area contributed by atoms with Crippen LogP contribution in [0.15, 0.2) is 36.7 Å². The summed E-state index contributed by atoms with van der Waals surface area (Å²) < 4.78 is 39.0. The fraction of sp³-hybridized carbons (Fsp3) is 0.231. The molecule has 0 aliphatic rings. The van der Waals surface area contributed by atoms with E-state index in [4.69, 9.17) is 11.6 Å². The molecule has 0 saturated carbocycles. The molecule has 0 saturated heterocycles. The number of nitrogens with one attached hydrogen (secondary N) is 1. The summed E-state index contributed by atoms with van der Waals surface area (Å²) in [5.41, 5.74) is -2.87. The zero-order chi connectivity index (χ0) is 16.5. The van der Waals surface area contributed by atoms with E-state index in [9.17, 15) is 23.1 Å². The Morgan fingerprint density at radius 3 is 2.45 bits per heavy atom. The molecule has 1 heterocycles. The Hall–Kier alpha value is -2.06. The van der Waals surface area contributed by atoms with Gasteiger partial charge in [0.05, 0.1) is 23.8 Å². The van der Waals surface area contributed by atoms with Crippen LogP contribution in [0, 0.1) is 0 Å². The van der Waals surface area contributed by atoms with E-state index < -0.39 is 17.7 Å². The van der Waals surface area contributed by atoms with Crippen LogP contribution in [0.5, 0.6) is 0 Å². The molecule has 1 atom stereocenters. The minimum Gasteiger partial charge on any atom is -0.373 e. The van der Waals surface area contributed by atoms with Crippen LogP contribution in [-0.2, 0) is 4.79 Å². The number of halogens is 4. The minimum atomic E-state index is -5.08. The third-order valence-corrected chi connectivity index (χ3v) is 3.18. The average molecular weight is 334 g/mol. The number of hydrogen-bond acceptors (Lipinski definition) is 3. The molecule has 0 spiro atoms. The molecule has 1 aromatic carbocycles. The Morgan fingerprint density at radius 2 is 1.91 bits per heavy atom. The van der Waals surface area contributed by atoms with E-state index in [1.54, 1.807) is 24.3 Å². The van der Waals surface area contributed by atoms with Gasteiger partial charge in [-0.3, -0.25) is 4.79 Å². The van der Waals surface area contributed by atoms with Crippen molar-refractivity contribution in [2.24, 2.45) is 0 Å². The Labute approximate surface area is 128 Å². The predicted octanol–water partition coefficient (Wildman–Crippen LogP) is 2.78. The summed E-state index contributed by atoms with van der Waals surface area (Å²) in [6, 6.07) is 6.52. The Balaban J connectivity index is 2.16. The molecular formula is C13H11ClF3N3O2. The molecule has 2 N–H and O–H groups in total. The first-order chi connectivity index (χ1) is 10.1. The highest BCUT2D eigenvalue weighted by atomic mass is 35.5. The molecule has 0 fully saturated rings. The molecule has 5 nitrogen and oxygen atoms in total. The SMILES string of the molecule is C[C@@](O)(C(=O)Nc1cnn(-c2ccc(Cl)cc2)c1)C(F)(F)F. The van der Waals surface area contributed by atoms with Crippen molar-refractivity contribution >= 4 is 23.2 Å². The van der Waals surface area contributed by atoms with Crippen LogP contribution in [0.2, 0.25) is 5.02 Å². The molecule has 0 aliphatic carbocycles. The van der Waals surface area contributed by atoms with E-state index in [1.807, 2.05) is 5.32 Å². The van der Waals surface area contributed by atoms with Crippen molar-refractivity contribution in [2.45, 2.75) is 18.7 Å². The van der Waals surface area contributed by atoms with E-state index in [0.29, 0.717) is 17.6 Å². The highest BCUT2D eigenvalue weighted by molar-refractivity contribution is 6.30. The number of amides is 1. The summed E-state index contributed by atoms with van der Waals surface area (Å²) in [5.74, 6) is -1.59. The average Bonchev–Trinajstić information content (AvgIpc) is 2.86. The second-order valence-corrected chi connectivity index (χ2v) is 5.11. The second kappa shape index (κ2) is 5.62. The number of hydrogen-bond donors (Lipinski definition) is 2. The molecule has 9 heteroatoms. The quantitative estimate of drug-likeness (QED) is 0.907. The number of carbonyl (C=O) groups excluding carboxylic acids is 1. The molecule has 0 unspecified atom stereocenters. The normalized spacial score (nSPS) is 14.5. The van der Waals surface area contributed by atoms with Gasteiger partial charge in [0.15, 0.2) is 0 Å². The fourth-order valence-corrected chi connectivity index (χ4v) is 1.63. The van der Waals surface area contributed by atoms with Crippen LogP contribution in [0.4, 0.5) is 18.9 Å². The predicted molar refractivity (Wildman–Crippen MR) is 73.9 cm³/mol. The van der Waals surface area contributed by atoms with Crippen molar-refractivity contribution in [1.82, 2.24) is 9.78 Å². The molecule has 0 bridgehead atoms. The Kier molecular flexibility index (Phi) is 4.17. The van der Waals surface area contributed by atoms with Crippen LogP contribution < -0.4 is 5.32 Å². The van der Waals surface area contributed by atoms with E-state index in [-0.39, 0.29) is 5.69 Å². The van der Waals surface area contributed by atoms with E-state index in [2.05, 4.69) is 5.10 Å². The van der Waals surface area contributed by atoms with Crippen molar-refractivity contribution < 1.29 is 23.1 Å². The van der Waals surface area contributed by atoms with Crippen molar-refractivity contribution in [1.29, 1.82) is 0 Å². The van der Waals surface area contributed by atoms with E-state index in [0.717, 1.165) is 0 Å². The van der Waals surface area contributed by atoms with Gasteiger partial charge in [0.2, 0.25) is 5.60 Å².